The van der Waals surface area contributed by atoms with Crippen LogP contribution in [0.2, 0.25) is 0 Å². The number of methoxy groups -OCH3 is 4. The minimum atomic E-state index is -1.50. The molecule has 8 nitrogen and oxygen atoms in total. The Morgan fingerprint density at radius 2 is 1.59 bits per heavy atom. The molecule has 2 aromatic rings. The zero-order valence-corrected chi connectivity index (χ0v) is 15.3. The maximum absolute atomic E-state index is 12.8. The lowest BCUT2D eigenvalue weighted by atomic mass is 9.92. The van der Waals surface area contributed by atoms with E-state index in [0.717, 1.165) is 0 Å². The van der Waals surface area contributed by atoms with Crippen LogP contribution < -0.4 is 23.7 Å². The Bertz CT molecular complexity index is 876. The van der Waals surface area contributed by atoms with E-state index in [1.165, 1.54) is 34.5 Å². The third-order valence-corrected chi connectivity index (χ3v) is 4.40. The molecule has 2 aromatic carbocycles. The molecule has 1 aliphatic rings. The van der Waals surface area contributed by atoms with Crippen molar-refractivity contribution in [1.29, 1.82) is 0 Å². The highest BCUT2D eigenvalue weighted by molar-refractivity contribution is 6.06. The zero-order valence-electron chi connectivity index (χ0n) is 15.3. The van der Waals surface area contributed by atoms with Crippen molar-refractivity contribution in [2.45, 2.75) is 12.2 Å². The number of rotatable bonds is 5. The second-order valence-corrected chi connectivity index (χ2v) is 5.80. The Labute approximate surface area is 155 Å². The molecular weight excluding hydrogens is 356 g/mol. The summed E-state index contributed by atoms with van der Waals surface area (Å²) in [6.45, 7) is 0. The maximum Gasteiger partial charge on any atom is 0.203 e. The van der Waals surface area contributed by atoms with Gasteiger partial charge in [0.05, 0.1) is 28.4 Å². The summed E-state index contributed by atoms with van der Waals surface area (Å²) in [4.78, 5) is 12.8. The molecule has 1 aliphatic heterocycles. The Morgan fingerprint density at radius 3 is 2.19 bits per heavy atom. The van der Waals surface area contributed by atoms with E-state index in [9.17, 15) is 15.0 Å². The number of Topliss-reactive ketones (excluding diaryl/α,β-unsaturated/α-hetero) is 1. The van der Waals surface area contributed by atoms with Crippen molar-refractivity contribution in [3.8, 4) is 34.5 Å². The first-order valence-corrected chi connectivity index (χ1v) is 8.05. The van der Waals surface area contributed by atoms with Gasteiger partial charge < -0.3 is 33.9 Å². The standard InChI is InChI=1S/C19H20O8/c1-23-10-6-5-9(7-11(10)24-2)18-17(22)16(21)14-12(27-18)8-13(25-3)15(20)19(14)26-4/h5-8,17-18,20,22H,1-4H3. The number of phenols is 1. The van der Waals surface area contributed by atoms with Gasteiger partial charge in [-0.15, -0.1) is 0 Å². The van der Waals surface area contributed by atoms with Gasteiger partial charge in [-0.3, -0.25) is 4.79 Å². The molecule has 0 fully saturated rings. The molecule has 3 rings (SSSR count). The third kappa shape index (κ3) is 2.97. The van der Waals surface area contributed by atoms with Crippen molar-refractivity contribution >= 4 is 5.78 Å². The summed E-state index contributed by atoms with van der Waals surface area (Å²) in [5.41, 5.74) is 0.477. The van der Waals surface area contributed by atoms with Crippen LogP contribution in [-0.4, -0.2) is 50.5 Å². The second-order valence-electron chi connectivity index (χ2n) is 5.80. The molecule has 2 unspecified atom stereocenters. The number of benzene rings is 2. The molecule has 2 N–H and O–H groups in total. The van der Waals surface area contributed by atoms with Crippen LogP contribution in [0, 0.1) is 0 Å². The first-order valence-electron chi connectivity index (χ1n) is 8.05. The molecule has 0 aromatic heterocycles. The predicted molar refractivity (Wildman–Crippen MR) is 94.5 cm³/mol. The van der Waals surface area contributed by atoms with Crippen molar-refractivity contribution < 1.29 is 38.7 Å². The molecule has 144 valence electrons. The van der Waals surface area contributed by atoms with E-state index in [0.29, 0.717) is 17.1 Å². The van der Waals surface area contributed by atoms with E-state index >= 15 is 0 Å². The van der Waals surface area contributed by atoms with Crippen LogP contribution in [0.25, 0.3) is 0 Å². The van der Waals surface area contributed by atoms with Gasteiger partial charge in [-0.1, -0.05) is 6.07 Å². The first kappa shape index (κ1) is 18.7. The molecule has 0 radical (unpaired) electrons. The number of phenolic OH excluding ortho intramolecular Hbond substituents is 1. The molecule has 0 amide bonds. The van der Waals surface area contributed by atoms with Gasteiger partial charge in [-0.2, -0.15) is 0 Å². The Balaban J connectivity index is 2.10. The smallest absolute Gasteiger partial charge is 0.203 e. The lowest BCUT2D eigenvalue weighted by molar-refractivity contribution is 0.0208. The number of carbonyl (C=O) groups excluding carboxylic acids is 1. The number of aromatic hydroxyl groups is 1. The Kier molecular flexibility index (Phi) is 5.00. The zero-order chi connectivity index (χ0) is 19.7. The largest absolute Gasteiger partial charge is 0.502 e. The van der Waals surface area contributed by atoms with Crippen LogP contribution >= 0.6 is 0 Å². The quantitative estimate of drug-likeness (QED) is 0.818. The average Bonchev–Trinajstić information content (AvgIpc) is 2.69. The van der Waals surface area contributed by atoms with E-state index in [-0.39, 0.29) is 28.6 Å². The van der Waals surface area contributed by atoms with E-state index in [4.69, 9.17) is 23.7 Å². The first-order chi connectivity index (χ1) is 13.0. The van der Waals surface area contributed by atoms with Gasteiger partial charge in [0, 0.05) is 6.07 Å². The fraction of sp³-hybridized carbons (Fsp3) is 0.316. The van der Waals surface area contributed by atoms with Crippen molar-refractivity contribution in [1.82, 2.24) is 0 Å². The number of ketones is 1. The maximum atomic E-state index is 12.8. The number of ether oxygens (including phenoxy) is 5. The summed E-state index contributed by atoms with van der Waals surface area (Å²) in [7, 11) is 5.66. The molecule has 0 bridgehead atoms. The summed E-state index contributed by atoms with van der Waals surface area (Å²) in [5.74, 6) is 0.0753. The predicted octanol–water partition coefficient (Wildman–Crippen LogP) is 2.10. The molecule has 1 heterocycles. The third-order valence-electron chi connectivity index (χ3n) is 4.40. The highest BCUT2D eigenvalue weighted by Gasteiger charge is 2.41. The van der Waals surface area contributed by atoms with E-state index in [1.54, 1.807) is 18.2 Å². The van der Waals surface area contributed by atoms with Crippen LogP contribution in [0.1, 0.15) is 22.0 Å². The molecular formula is C19H20O8. The number of aliphatic hydroxyl groups excluding tert-OH is 1. The number of hydrogen-bond acceptors (Lipinski definition) is 8. The SMILES string of the molecule is COc1ccc(C2Oc3cc(OC)c(O)c(OC)c3C(=O)C2O)cc1OC. The molecule has 2 atom stereocenters. The van der Waals surface area contributed by atoms with Crippen molar-refractivity contribution in [3.63, 3.8) is 0 Å². The highest BCUT2D eigenvalue weighted by atomic mass is 16.5. The van der Waals surface area contributed by atoms with Gasteiger partial charge in [-0.05, 0) is 17.7 Å². The summed E-state index contributed by atoms with van der Waals surface area (Å²) >= 11 is 0. The molecule has 0 spiro atoms. The second kappa shape index (κ2) is 7.24. The molecule has 0 saturated carbocycles. The summed E-state index contributed by atoms with van der Waals surface area (Å²) in [6.07, 6.45) is -2.49. The fourth-order valence-corrected chi connectivity index (χ4v) is 3.05. The Morgan fingerprint density at radius 1 is 0.926 bits per heavy atom. The van der Waals surface area contributed by atoms with Crippen LogP contribution in [0.5, 0.6) is 34.5 Å². The summed E-state index contributed by atoms with van der Waals surface area (Å²) in [5, 5.41) is 20.7. The van der Waals surface area contributed by atoms with Crippen LogP contribution in [0.3, 0.4) is 0 Å². The molecule has 0 saturated heterocycles. The minimum Gasteiger partial charge on any atom is -0.502 e. The normalized spacial score (nSPS) is 18.3. The number of fused-ring (bicyclic) bond motifs is 1. The van der Waals surface area contributed by atoms with Gasteiger partial charge >= 0.3 is 0 Å². The van der Waals surface area contributed by atoms with Crippen LogP contribution in [-0.2, 0) is 0 Å². The number of aliphatic hydroxyl groups is 1. The van der Waals surface area contributed by atoms with Crippen molar-refractivity contribution in [3.05, 3.63) is 35.4 Å². The molecule has 0 aliphatic carbocycles. The lowest BCUT2D eigenvalue weighted by Crippen LogP contribution is -2.36. The Hall–Kier alpha value is -3.13. The van der Waals surface area contributed by atoms with Gasteiger partial charge in [-0.25, -0.2) is 0 Å². The highest BCUT2D eigenvalue weighted by Crippen LogP contribution is 2.49. The van der Waals surface area contributed by atoms with Gasteiger partial charge in [0.2, 0.25) is 11.5 Å². The number of hydrogen-bond donors (Lipinski definition) is 2. The lowest BCUT2D eigenvalue weighted by Gasteiger charge is -2.31. The minimum absolute atomic E-state index is 0.0416. The van der Waals surface area contributed by atoms with Crippen molar-refractivity contribution in [2.24, 2.45) is 0 Å². The summed E-state index contributed by atoms with van der Waals surface area (Å²) < 4.78 is 26.6. The van der Waals surface area contributed by atoms with Gasteiger partial charge in [0.25, 0.3) is 0 Å². The topological polar surface area (TPSA) is 104 Å². The van der Waals surface area contributed by atoms with E-state index < -0.39 is 18.0 Å². The van der Waals surface area contributed by atoms with Gasteiger partial charge in [0.1, 0.15) is 11.3 Å². The van der Waals surface area contributed by atoms with Gasteiger partial charge in [0.15, 0.2) is 35.2 Å². The molecule has 8 heteroatoms. The monoisotopic (exact) mass is 376 g/mol. The van der Waals surface area contributed by atoms with E-state index in [1.807, 2.05) is 0 Å². The average molecular weight is 376 g/mol. The van der Waals surface area contributed by atoms with Crippen molar-refractivity contribution in [2.75, 3.05) is 28.4 Å². The number of carbonyl (C=O) groups is 1. The van der Waals surface area contributed by atoms with Crippen LogP contribution in [0.15, 0.2) is 24.3 Å². The fourth-order valence-electron chi connectivity index (χ4n) is 3.05. The molecule has 27 heavy (non-hydrogen) atoms. The van der Waals surface area contributed by atoms with Crippen LogP contribution in [0.4, 0.5) is 0 Å². The van der Waals surface area contributed by atoms with E-state index in [2.05, 4.69) is 0 Å². The summed E-state index contributed by atoms with van der Waals surface area (Å²) in [6, 6.07) is 6.33.